The predicted molar refractivity (Wildman–Crippen MR) is 70.8 cm³/mol. The number of anilines is 2. The van der Waals surface area contributed by atoms with E-state index in [0.29, 0.717) is 12.3 Å². The Morgan fingerprint density at radius 1 is 1.17 bits per heavy atom. The highest BCUT2D eigenvalue weighted by molar-refractivity contribution is 6.33. The van der Waals surface area contributed by atoms with Crippen LogP contribution in [0.5, 0.6) is 0 Å². The highest BCUT2D eigenvalue weighted by atomic mass is 35.5. The number of rotatable bonds is 3. The largest absolute Gasteiger partial charge is 0.478 e. The van der Waals surface area contributed by atoms with Gasteiger partial charge in [-0.05, 0) is 12.1 Å². The van der Waals surface area contributed by atoms with Gasteiger partial charge in [-0.1, -0.05) is 11.6 Å². The molecule has 0 saturated heterocycles. The number of pyridine rings is 1. The summed E-state index contributed by atoms with van der Waals surface area (Å²) in [4.78, 5) is 14.3. The van der Waals surface area contributed by atoms with Crippen LogP contribution in [0.2, 0.25) is 5.02 Å². The van der Waals surface area contributed by atoms with Crippen molar-refractivity contribution in [3.05, 3.63) is 51.9 Å². The molecule has 128 valence electrons. The minimum Gasteiger partial charge on any atom is -0.478 e. The van der Waals surface area contributed by atoms with Gasteiger partial charge in [-0.2, -0.15) is 13.2 Å². The molecule has 2 N–H and O–H groups in total. The molecule has 1 aromatic carbocycles. The number of carbonyl (C=O) groups is 1. The summed E-state index contributed by atoms with van der Waals surface area (Å²) in [5.41, 5.74) is -3.23. The van der Waals surface area contributed by atoms with Crippen molar-refractivity contribution in [1.82, 2.24) is 4.98 Å². The molecule has 0 radical (unpaired) electrons. The van der Waals surface area contributed by atoms with Gasteiger partial charge in [0.1, 0.15) is 5.82 Å². The molecule has 4 nitrogen and oxygen atoms in total. The van der Waals surface area contributed by atoms with Gasteiger partial charge in [0.05, 0.1) is 21.8 Å². The number of carboxylic acid groups (broad SMARTS) is 1. The number of halogens is 7. The Morgan fingerprint density at radius 2 is 1.79 bits per heavy atom. The number of carboxylic acids is 1. The summed E-state index contributed by atoms with van der Waals surface area (Å²) in [7, 11) is 0. The van der Waals surface area contributed by atoms with Gasteiger partial charge in [0, 0.05) is 6.20 Å². The second kappa shape index (κ2) is 6.19. The third-order valence-electron chi connectivity index (χ3n) is 2.80. The standard InChI is InChI=1S/C13H5ClF6N2O2/c14-6-1-4(13(18,19)20)3-21-11(6)22-10-5(12(23)24)2-7(15)8(16)9(10)17/h1-3H,(H,21,22)(H,23,24). The number of alkyl halides is 3. The molecule has 0 fully saturated rings. The number of aromatic carboxylic acids is 1. The van der Waals surface area contributed by atoms with E-state index in [2.05, 4.69) is 4.98 Å². The molecule has 1 heterocycles. The first kappa shape index (κ1) is 17.9. The molecule has 0 spiro atoms. The van der Waals surface area contributed by atoms with E-state index >= 15 is 0 Å². The SMILES string of the molecule is O=C(O)c1cc(F)c(F)c(F)c1Nc1ncc(C(F)(F)F)cc1Cl. The molecular formula is C13H5ClF6N2O2. The fourth-order valence-electron chi connectivity index (χ4n) is 1.69. The van der Waals surface area contributed by atoms with Gasteiger partial charge >= 0.3 is 12.1 Å². The molecule has 2 aromatic rings. The second-order valence-electron chi connectivity index (χ2n) is 4.39. The lowest BCUT2D eigenvalue weighted by atomic mass is 10.1. The van der Waals surface area contributed by atoms with Gasteiger partial charge in [-0.3, -0.25) is 0 Å². The fourth-order valence-corrected chi connectivity index (χ4v) is 1.90. The summed E-state index contributed by atoms with van der Waals surface area (Å²) < 4.78 is 77.7. The summed E-state index contributed by atoms with van der Waals surface area (Å²) >= 11 is 5.58. The number of hydrogen-bond acceptors (Lipinski definition) is 3. The Hall–Kier alpha value is -2.49. The predicted octanol–water partition coefficient (Wildman–Crippen LogP) is 4.61. The molecular weight excluding hydrogens is 366 g/mol. The van der Waals surface area contributed by atoms with Crippen molar-refractivity contribution < 1.29 is 36.2 Å². The van der Waals surface area contributed by atoms with Crippen LogP contribution in [0.4, 0.5) is 37.8 Å². The molecule has 0 saturated carbocycles. The van der Waals surface area contributed by atoms with Crippen LogP contribution in [-0.4, -0.2) is 16.1 Å². The van der Waals surface area contributed by atoms with E-state index < -0.39 is 57.3 Å². The van der Waals surface area contributed by atoms with Gasteiger partial charge in [-0.15, -0.1) is 0 Å². The van der Waals surface area contributed by atoms with E-state index in [1.165, 1.54) is 0 Å². The van der Waals surface area contributed by atoms with E-state index in [-0.39, 0.29) is 6.07 Å². The molecule has 0 unspecified atom stereocenters. The first-order valence-corrected chi connectivity index (χ1v) is 6.30. The third-order valence-corrected chi connectivity index (χ3v) is 3.09. The van der Waals surface area contributed by atoms with E-state index in [1.54, 1.807) is 0 Å². The molecule has 0 amide bonds. The first-order valence-electron chi connectivity index (χ1n) is 5.93. The Bertz CT molecular complexity index is 825. The molecule has 24 heavy (non-hydrogen) atoms. The topological polar surface area (TPSA) is 62.2 Å². The molecule has 2 rings (SSSR count). The summed E-state index contributed by atoms with van der Waals surface area (Å²) in [6.45, 7) is 0. The molecule has 0 aliphatic heterocycles. The maximum Gasteiger partial charge on any atom is 0.417 e. The zero-order valence-corrected chi connectivity index (χ0v) is 11.9. The minimum absolute atomic E-state index is 0.209. The lowest BCUT2D eigenvalue weighted by Crippen LogP contribution is -2.11. The molecule has 0 aliphatic carbocycles. The Balaban J connectivity index is 2.53. The van der Waals surface area contributed by atoms with E-state index in [0.717, 1.165) is 0 Å². The molecule has 11 heteroatoms. The molecule has 0 bridgehead atoms. The van der Waals surface area contributed by atoms with Crippen molar-refractivity contribution in [3.8, 4) is 0 Å². The van der Waals surface area contributed by atoms with Gasteiger partial charge < -0.3 is 10.4 Å². The normalized spacial score (nSPS) is 11.5. The quantitative estimate of drug-likeness (QED) is 0.611. The summed E-state index contributed by atoms with van der Waals surface area (Å²) in [6, 6.07) is 0.663. The van der Waals surface area contributed by atoms with Crippen LogP contribution >= 0.6 is 11.6 Å². The Kier molecular flexibility index (Phi) is 4.61. The van der Waals surface area contributed by atoms with Crippen LogP contribution < -0.4 is 5.32 Å². The highest BCUT2D eigenvalue weighted by Gasteiger charge is 2.32. The van der Waals surface area contributed by atoms with Crippen molar-refractivity contribution in [2.45, 2.75) is 6.18 Å². The van der Waals surface area contributed by atoms with Crippen LogP contribution in [0.3, 0.4) is 0 Å². The second-order valence-corrected chi connectivity index (χ2v) is 4.80. The van der Waals surface area contributed by atoms with Crippen molar-refractivity contribution in [2.75, 3.05) is 5.32 Å². The Labute approximate surface area is 134 Å². The van der Waals surface area contributed by atoms with Crippen molar-refractivity contribution >= 4 is 29.1 Å². The van der Waals surface area contributed by atoms with Crippen LogP contribution in [0, 0.1) is 17.5 Å². The fraction of sp³-hybridized carbons (Fsp3) is 0.0769. The van der Waals surface area contributed by atoms with E-state index in [9.17, 15) is 31.1 Å². The van der Waals surface area contributed by atoms with Crippen LogP contribution in [-0.2, 0) is 6.18 Å². The molecule has 1 aromatic heterocycles. The zero-order chi connectivity index (χ0) is 18.2. The van der Waals surface area contributed by atoms with E-state index in [4.69, 9.17) is 16.7 Å². The number of hydrogen-bond donors (Lipinski definition) is 2. The summed E-state index contributed by atoms with van der Waals surface area (Å²) in [5, 5.41) is 10.2. The van der Waals surface area contributed by atoms with Crippen LogP contribution in [0.1, 0.15) is 15.9 Å². The third kappa shape index (κ3) is 3.37. The van der Waals surface area contributed by atoms with Gasteiger partial charge in [0.25, 0.3) is 0 Å². The summed E-state index contributed by atoms with van der Waals surface area (Å²) in [5.74, 6) is -7.98. The lowest BCUT2D eigenvalue weighted by Gasteiger charge is -2.13. The van der Waals surface area contributed by atoms with Gasteiger partial charge in [0.15, 0.2) is 17.5 Å². The van der Waals surface area contributed by atoms with Gasteiger partial charge in [-0.25, -0.2) is 22.9 Å². The monoisotopic (exact) mass is 370 g/mol. The van der Waals surface area contributed by atoms with E-state index in [1.807, 2.05) is 5.32 Å². The highest BCUT2D eigenvalue weighted by Crippen LogP contribution is 2.34. The maximum absolute atomic E-state index is 13.8. The lowest BCUT2D eigenvalue weighted by molar-refractivity contribution is -0.137. The average molecular weight is 371 g/mol. The number of benzene rings is 1. The zero-order valence-electron chi connectivity index (χ0n) is 11.2. The first-order chi connectivity index (χ1) is 11.0. The van der Waals surface area contributed by atoms with Crippen molar-refractivity contribution in [2.24, 2.45) is 0 Å². The number of nitrogens with one attached hydrogen (secondary N) is 1. The minimum atomic E-state index is -4.74. The maximum atomic E-state index is 13.8. The van der Waals surface area contributed by atoms with Crippen molar-refractivity contribution in [1.29, 1.82) is 0 Å². The smallest absolute Gasteiger partial charge is 0.417 e. The molecule has 0 aliphatic rings. The molecule has 0 atom stereocenters. The van der Waals surface area contributed by atoms with Gasteiger partial charge in [0.2, 0.25) is 0 Å². The summed E-state index contributed by atoms with van der Waals surface area (Å²) in [6.07, 6.45) is -4.39. The number of aromatic nitrogens is 1. The number of nitrogens with zero attached hydrogens (tertiary/aromatic N) is 1. The van der Waals surface area contributed by atoms with Crippen molar-refractivity contribution in [3.63, 3.8) is 0 Å². The van der Waals surface area contributed by atoms with Crippen LogP contribution in [0.25, 0.3) is 0 Å². The Morgan fingerprint density at radius 3 is 2.29 bits per heavy atom. The average Bonchev–Trinajstić information content (AvgIpc) is 2.47. The van der Waals surface area contributed by atoms with Crippen LogP contribution in [0.15, 0.2) is 18.3 Å².